The number of benzene rings is 2. The number of anilines is 1. The van der Waals surface area contributed by atoms with Crippen molar-refractivity contribution in [2.45, 2.75) is 5.92 Å². The summed E-state index contributed by atoms with van der Waals surface area (Å²) in [6.07, 6.45) is 0. The van der Waals surface area contributed by atoms with Gasteiger partial charge in [-0.05, 0) is 17.7 Å². The molecule has 114 valence electrons. The van der Waals surface area contributed by atoms with Crippen molar-refractivity contribution < 1.29 is 5.11 Å². The summed E-state index contributed by atoms with van der Waals surface area (Å²) < 4.78 is 0. The van der Waals surface area contributed by atoms with Gasteiger partial charge in [0.05, 0.1) is 23.8 Å². The number of aliphatic hydroxyl groups excluding tert-OH is 1. The zero-order chi connectivity index (χ0) is 16.1. The molecule has 1 atom stereocenters. The molecule has 0 amide bonds. The SMILES string of the molecule is N#Cc1cc(NCC(CO)c2ccccc2)nc2ccccc12. The number of nitriles is 1. The Labute approximate surface area is 135 Å². The molecule has 0 aliphatic rings. The number of rotatable bonds is 5. The molecule has 4 heteroatoms. The predicted octanol–water partition coefficient (Wildman–Crippen LogP) is 3.29. The molecule has 2 N–H and O–H groups in total. The largest absolute Gasteiger partial charge is 0.396 e. The van der Waals surface area contributed by atoms with E-state index in [-0.39, 0.29) is 12.5 Å². The molecule has 1 heterocycles. The van der Waals surface area contributed by atoms with E-state index in [9.17, 15) is 10.4 Å². The van der Waals surface area contributed by atoms with Gasteiger partial charge in [0.1, 0.15) is 5.82 Å². The summed E-state index contributed by atoms with van der Waals surface area (Å²) in [5.41, 5.74) is 2.46. The first-order valence-corrected chi connectivity index (χ1v) is 7.51. The van der Waals surface area contributed by atoms with Crippen molar-refractivity contribution in [3.05, 3.63) is 71.8 Å². The van der Waals surface area contributed by atoms with Crippen LogP contribution in [0.2, 0.25) is 0 Å². The second kappa shape index (κ2) is 6.91. The molecule has 23 heavy (non-hydrogen) atoms. The van der Waals surface area contributed by atoms with Crippen molar-refractivity contribution in [3.63, 3.8) is 0 Å². The molecule has 0 aliphatic heterocycles. The molecule has 0 aliphatic carbocycles. The normalized spacial score (nSPS) is 11.8. The second-order valence-corrected chi connectivity index (χ2v) is 5.36. The van der Waals surface area contributed by atoms with Crippen LogP contribution in [0.15, 0.2) is 60.7 Å². The fourth-order valence-corrected chi connectivity index (χ4v) is 2.60. The third kappa shape index (κ3) is 3.31. The molecule has 1 unspecified atom stereocenters. The summed E-state index contributed by atoms with van der Waals surface area (Å²) in [6.45, 7) is 0.604. The molecule has 0 fully saturated rings. The maximum absolute atomic E-state index is 9.62. The van der Waals surface area contributed by atoms with Gasteiger partial charge in [-0.3, -0.25) is 0 Å². The summed E-state index contributed by atoms with van der Waals surface area (Å²) in [7, 11) is 0. The summed E-state index contributed by atoms with van der Waals surface area (Å²) >= 11 is 0. The van der Waals surface area contributed by atoms with Gasteiger partial charge in [0, 0.05) is 17.8 Å². The van der Waals surface area contributed by atoms with Gasteiger partial charge >= 0.3 is 0 Å². The highest BCUT2D eigenvalue weighted by Crippen LogP contribution is 2.21. The minimum absolute atomic E-state index is 0.0185. The van der Waals surface area contributed by atoms with Crippen LogP contribution in [-0.2, 0) is 0 Å². The molecule has 0 saturated heterocycles. The van der Waals surface area contributed by atoms with Gasteiger partial charge in [0.15, 0.2) is 0 Å². The Morgan fingerprint density at radius 2 is 1.83 bits per heavy atom. The second-order valence-electron chi connectivity index (χ2n) is 5.36. The quantitative estimate of drug-likeness (QED) is 0.759. The fourth-order valence-electron chi connectivity index (χ4n) is 2.60. The maximum atomic E-state index is 9.62. The Balaban J connectivity index is 1.83. The van der Waals surface area contributed by atoms with Crippen LogP contribution in [0.25, 0.3) is 10.9 Å². The summed E-state index contributed by atoms with van der Waals surface area (Å²) in [5.74, 6) is 0.629. The van der Waals surface area contributed by atoms with Crippen LogP contribution >= 0.6 is 0 Å². The number of fused-ring (bicyclic) bond motifs is 1. The molecular weight excluding hydrogens is 286 g/mol. The van der Waals surface area contributed by atoms with Gasteiger partial charge in [-0.25, -0.2) is 4.98 Å². The predicted molar refractivity (Wildman–Crippen MR) is 91.2 cm³/mol. The number of aromatic nitrogens is 1. The van der Waals surface area contributed by atoms with Gasteiger partial charge in [-0.15, -0.1) is 0 Å². The average molecular weight is 303 g/mol. The van der Waals surface area contributed by atoms with Gasteiger partial charge in [-0.1, -0.05) is 48.5 Å². The lowest BCUT2D eigenvalue weighted by Gasteiger charge is -2.16. The summed E-state index contributed by atoms with van der Waals surface area (Å²) in [4.78, 5) is 4.54. The summed E-state index contributed by atoms with van der Waals surface area (Å²) in [5, 5.41) is 23.0. The molecular formula is C19H17N3O. The van der Waals surface area contributed by atoms with E-state index < -0.39 is 0 Å². The zero-order valence-electron chi connectivity index (χ0n) is 12.6. The topological polar surface area (TPSA) is 68.9 Å². The molecule has 0 bridgehead atoms. The van der Waals surface area contributed by atoms with E-state index in [4.69, 9.17) is 0 Å². The highest BCUT2D eigenvalue weighted by molar-refractivity contribution is 5.86. The van der Waals surface area contributed by atoms with Crippen LogP contribution in [0, 0.1) is 11.3 Å². The molecule has 1 aromatic heterocycles. The fraction of sp³-hybridized carbons (Fsp3) is 0.158. The molecule has 0 spiro atoms. The van der Waals surface area contributed by atoms with Crippen LogP contribution in [0.4, 0.5) is 5.82 Å². The Morgan fingerprint density at radius 1 is 1.09 bits per heavy atom. The number of pyridine rings is 1. The van der Waals surface area contributed by atoms with Crippen molar-refractivity contribution in [3.8, 4) is 6.07 Å². The minimum atomic E-state index is -0.0185. The van der Waals surface area contributed by atoms with Crippen molar-refractivity contribution in [1.29, 1.82) is 5.26 Å². The van der Waals surface area contributed by atoms with Crippen molar-refractivity contribution in [2.24, 2.45) is 0 Å². The lowest BCUT2D eigenvalue weighted by Crippen LogP contribution is -2.16. The van der Waals surface area contributed by atoms with Gasteiger partial charge in [0.2, 0.25) is 0 Å². The maximum Gasteiger partial charge on any atom is 0.128 e. The van der Waals surface area contributed by atoms with Crippen molar-refractivity contribution in [1.82, 2.24) is 4.98 Å². The van der Waals surface area contributed by atoms with Crippen molar-refractivity contribution in [2.75, 3.05) is 18.5 Å². The number of nitrogens with zero attached hydrogens (tertiary/aromatic N) is 2. The van der Waals surface area contributed by atoms with E-state index in [2.05, 4.69) is 16.4 Å². The van der Waals surface area contributed by atoms with Gasteiger partial charge in [-0.2, -0.15) is 5.26 Å². The molecule has 4 nitrogen and oxygen atoms in total. The highest BCUT2D eigenvalue weighted by Gasteiger charge is 2.11. The van der Waals surface area contributed by atoms with Gasteiger partial charge in [0.25, 0.3) is 0 Å². The molecule has 0 saturated carbocycles. The van der Waals surface area contributed by atoms with E-state index in [1.165, 1.54) is 0 Å². The van der Waals surface area contributed by atoms with Crippen LogP contribution < -0.4 is 5.32 Å². The van der Waals surface area contributed by atoms with Crippen molar-refractivity contribution >= 4 is 16.7 Å². The Bertz CT molecular complexity index is 840. The minimum Gasteiger partial charge on any atom is -0.396 e. The van der Waals surface area contributed by atoms with E-state index in [1.54, 1.807) is 6.07 Å². The zero-order valence-corrected chi connectivity index (χ0v) is 12.6. The van der Waals surface area contributed by atoms with E-state index in [1.807, 2.05) is 54.6 Å². The number of hydrogen-bond acceptors (Lipinski definition) is 4. The highest BCUT2D eigenvalue weighted by atomic mass is 16.3. The van der Waals surface area contributed by atoms with E-state index >= 15 is 0 Å². The number of para-hydroxylation sites is 1. The smallest absolute Gasteiger partial charge is 0.128 e. The first-order chi connectivity index (χ1) is 11.3. The Morgan fingerprint density at radius 3 is 2.57 bits per heavy atom. The number of aliphatic hydroxyl groups is 1. The monoisotopic (exact) mass is 303 g/mol. The lowest BCUT2D eigenvalue weighted by molar-refractivity contribution is 0.270. The third-order valence-electron chi connectivity index (χ3n) is 3.86. The lowest BCUT2D eigenvalue weighted by atomic mass is 10.00. The van der Waals surface area contributed by atoms with Gasteiger partial charge < -0.3 is 10.4 Å². The first-order valence-electron chi connectivity index (χ1n) is 7.51. The van der Waals surface area contributed by atoms with Crippen LogP contribution in [0.3, 0.4) is 0 Å². The Hall–Kier alpha value is -2.90. The average Bonchev–Trinajstić information content (AvgIpc) is 2.62. The van der Waals surface area contributed by atoms with E-state index in [0.717, 1.165) is 16.5 Å². The molecule has 3 rings (SSSR count). The third-order valence-corrected chi connectivity index (χ3v) is 3.86. The first kappa shape index (κ1) is 15.0. The molecule has 2 aromatic carbocycles. The Kier molecular flexibility index (Phi) is 4.51. The van der Waals surface area contributed by atoms with Crippen LogP contribution in [-0.4, -0.2) is 23.2 Å². The molecule has 0 radical (unpaired) electrons. The molecule has 3 aromatic rings. The number of hydrogen-bond donors (Lipinski definition) is 2. The number of nitrogens with one attached hydrogen (secondary N) is 1. The summed E-state index contributed by atoms with van der Waals surface area (Å²) in [6, 6.07) is 21.4. The standard InChI is InChI=1S/C19H17N3O/c20-11-15-10-19(22-18-9-5-4-8-17(15)18)21-12-16(13-23)14-6-2-1-3-7-14/h1-10,16,23H,12-13H2,(H,21,22). The van der Waals surface area contributed by atoms with Crippen LogP contribution in [0.5, 0.6) is 0 Å². The van der Waals surface area contributed by atoms with E-state index in [0.29, 0.717) is 17.9 Å². The van der Waals surface area contributed by atoms with Crippen LogP contribution in [0.1, 0.15) is 17.0 Å².